The summed E-state index contributed by atoms with van der Waals surface area (Å²) < 4.78 is 1.63. The fourth-order valence-electron chi connectivity index (χ4n) is 0.746. The molecule has 1 N–H and O–H groups in total. The molecule has 10 heavy (non-hydrogen) atoms. The molecule has 0 aromatic carbocycles. The zero-order chi connectivity index (χ0) is 6.97. The summed E-state index contributed by atoms with van der Waals surface area (Å²) in [5.74, 6) is 0.514. The lowest BCUT2D eigenvalue weighted by Crippen LogP contribution is -2.11. The molecule has 5 heteroatoms. The van der Waals surface area contributed by atoms with Crippen LogP contribution in [0.5, 0.6) is 0 Å². The van der Waals surface area contributed by atoms with Gasteiger partial charge in [0, 0.05) is 12.4 Å². The minimum absolute atomic E-state index is 0.376. The van der Waals surface area contributed by atoms with Crippen LogP contribution in [-0.2, 0) is 0 Å². The van der Waals surface area contributed by atoms with Crippen LogP contribution in [0.25, 0.3) is 5.78 Å². The van der Waals surface area contributed by atoms with Crippen molar-refractivity contribution in [1.82, 2.24) is 19.4 Å². The second-order valence-corrected chi connectivity index (χ2v) is 1.83. The lowest BCUT2D eigenvalue weighted by molar-refractivity contribution is 0.963. The largest absolute Gasteiger partial charge is 0.349 e. The molecule has 0 aliphatic heterocycles. The molecule has 2 aromatic rings. The Kier molecular flexibility index (Phi) is 0.858. The van der Waals surface area contributed by atoms with Crippen molar-refractivity contribution in [2.24, 2.45) is 0 Å². The van der Waals surface area contributed by atoms with E-state index in [0.29, 0.717) is 5.78 Å². The number of nitrogens with one attached hydrogen (secondary N) is 1. The number of hydrogen-bond acceptors (Lipinski definition) is 3. The fourth-order valence-corrected chi connectivity index (χ4v) is 0.746. The van der Waals surface area contributed by atoms with Crippen LogP contribution in [0.15, 0.2) is 23.5 Å². The van der Waals surface area contributed by atoms with Crippen LogP contribution in [0.1, 0.15) is 0 Å². The zero-order valence-electron chi connectivity index (χ0n) is 4.98. The van der Waals surface area contributed by atoms with Gasteiger partial charge in [-0.2, -0.15) is 4.98 Å². The van der Waals surface area contributed by atoms with Crippen LogP contribution in [0.3, 0.4) is 0 Å². The summed E-state index contributed by atoms with van der Waals surface area (Å²) in [5.41, 5.74) is -0.376. The second kappa shape index (κ2) is 1.66. The molecular formula is C5H4N4O. The fraction of sp³-hybridized carbons (Fsp3) is 0. The number of H-pyrrole nitrogens is 1. The normalized spacial score (nSPS) is 10.4. The van der Waals surface area contributed by atoms with Crippen molar-refractivity contribution in [2.75, 3.05) is 0 Å². The minimum Gasteiger partial charge on any atom is -0.276 e. The van der Waals surface area contributed by atoms with Gasteiger partial charge in [-0.25, -0.2) is 9.78 Å². The number of hydrogen-bond donors (Lipinski definition) is 1. The molecule has 0 spiro atoms. The third-order valence-corrected chi connectivity index (χ3v) is 1.19. The molecule has 2 rings (SSSR count). The van der Waals surface area contributed by atoms with E-state index in [-0.39, 0.29) is 5.69 Å². The Morgan fingerprint density at radius 3 is 3.30 bits per heavy atom. The third kappa shape index (κ3) is 0.604. The molecule has 0 unspecified atom stereocenters. The van der Waals surface area contributed by atoms with Crippen molar-refractivity contribution in [3.8, 4) is 0 Å². The van der Waals surface area contributed by atoms with Gasteiger partial charge >= 0.3 is 5.69 Å². The number of fused-ring (bicyclic) bond motifs is 1. The van der Waals surface area contributed by atoms with E-state index in [1.54, 1.807) is 16.8 Å². The van der Waals surface area contributed by atoms with Crippen LogP contribution < -0.4 is 5.69 Å². The predicted molar refractivity (Wildman–Crippen MR) is 33.6 cm³/mol. The SMILES string of the molecule is O=c1ncn2ccnc2[nH]1. The first-order valence-electron chi connectivity index (χ1n) is 2.74. The number of aromatic amines is 1. The predicted octanol–water partition coefficient (Wildman–Crippen LogP) is -0.582. The Morgan fingerprint density at radius 1 is 1.50 bits per heavy atom. The molecule has 0 amide bonds. The van der Waals surface area contributed by atoms with E-state index in [0.717, 1.165) is 0 Å². The van der Waals surface area contributed by atoms with E-state index < -0.39 is 0 Å². The first kappa shape index (κ1) is 5.16. The average molecular weight is 136 g/mol. The number of rotatable bonds is 0. The summed E-state index contributed by atoms with van der Waals surface area (Å²) in [6.45, 7) is 0. The highest BCUT2D eigenvalue weighted by atomic mass is 16.1. The maximum Gasteiger partial charge on any atom is 0.349 e. The highest BCUT2D eigenvalue weighted by Gasteiger charge is 1.91. The Balaban J connectivity index is 2.99. The molecule has 0 saturated heterocycles. The highest BCUT2D eigenvalue weighted by molar-refractivity contribution is 5.23. The molecule has 0 atom stereocenters. The quantitative estimate of drug-likeness (QED) is 0.526. The van der Waals surface area contributed by atoms with Gasteiger partial charge in [0.25, 0.3) is 0 Å². The summed E-state index contributed by atoms with van der Waals surface area (Å²) in [5, 5.41) is 0. The number of aromatic nitrogens is 4. The second-order valence-electron chi connectivity index (χ2n) is 1.83. The molecule has 50 valence electrons. The van der Waals surface area contributed by atoms with E-state index in [9.17, 15) is 4.79 Å². The van der Waals surface area contributed by atoms with Gasteiger partial charge in [0.15, 0.2) is 0 Å². The minimum atomic E-state index is -0.376. The molecule has 0 radical (unpaired) electrons. The van der Waals surface area contributed by atoms with Crippen LogP contribution in [0.2, 0.25) is 0 Å². The Labute approximate surface area is 55.4 Å². The molecule has 2 heterocycles. The van der Waals surface area contributed by atoms with Crippen molar-refractivity contribution in [3.05, 3.63) is 29.2 Å². The van der Waals surface area contributed by atoms with Crippen LogP contribution in [0.4, 0.5) is 0 Å². The summed E-state index contributed by atoms with van der Waals surface area (Å²) in [6.07, 6.45) is 4.71. The van der Waals surface area contributed by atoms with Gasteiger partial charge in [-0.3, -0.25) is 9.38 Å². The van der Waals surface area contributed by atoms with Gasteiger partial charge in [-0.1, -0.05) is 0 Å². The molecule has 5 nitrogen and oxygen atoms in total. The molecule has 0 aliphatic carbocycles. The maximum absolute atomic E-state index is 10.6. The Hall–Kier alpha value is -1.65. The van der Waals surface area contributed by atoms with Crippen molar-refractivity contribution < 1.29 is 0 Å². The summed E-state index contributed by atoms with van der Waals surface area (Å²) >= 11 is 0. The van der Waals surface area contributed by atoms with Crippen LogP contribution >= 0.6 is 0 Å². The topological polar surface area (TPSA) is 63.1 Å². The van der Waals surface area contributed by atoms with Gasteiger partial charge in [-0.05, 0) is 0 Å². The lowest BCUT2D eigenvalue weighted by Gasteiger charge is -1.86. The average Bonchev–Trinajstić information content (AvgIpc) is 2.33. The lowest BCUT2D eigenvalue weighted by atomic mass is 10.9. The smallest absolute Gasteiger partial charge is 0.276 e. The van der Waals surface area contributed by atoms with Gasteiger partial charge in [-0.15, -0.1) is 0 Å². The number of nitrogens with zero attached hydrogens (tertiary/aromatic N) is 3. The first-order chi connectivity index (χ1) is 4.86. The van der Waals surface area contributed by atoms with Gasteiger partial charge in [0.05, 0.1) is 0 Å². The van der Waals surface area contributed by atoms with E-state index in [4.69, 9.17) is 0 Å². The molecule has 0 aliphatic rings. The molecule has 0 saturated carbocycles. The van der Waals surface area contributed by atoms with Crippen molar-refractivity contribution >= 4 is 5.78 Å². The third-order valence-electron chi connectivity index (χ3n) is 1.19. The zero-order valence-corrected chi connectivity index (χ0v) is 4.98. The first-order valence-corrected chi connectivity index (χ1v) is 2.74. The van der Waals surface area contributed by atoms with Crippen molar-refractivity contribution in [2.45, 2.75) is 0 Å². The Bertz CT molecular complexity index is 401. The molecular weight excluding hydrogens is 132 g/mol. The summed E-state index contributed by atoms with van der Waals surface area (Å²) in [4.78, 5) is 20.4. The number of imidazole rings is 1. The standard InChI is InChI=1S/C5H4N4O/c10-5-7-3-9-2-1-6-4(9)8-5/h1-3H,(H,6,8,10). The van der Waals surface area contributed by atoms with Gasteiger partial charge in [0.1, 0.15) is 6.33 Å². The van der Waals surface area contributed by atoms with Crippen molar-refractivity contribution in [3.63, 3.8) is 0 Å². The van der Waals surface area contributed by atoms with Crippen molar-refractivity contribution in [1.29, 1.82) is 0 Å². The van der Waals surface area contributed by atoms with E-state index >= 15 is 0 Å². The molecule has 0 fully saturated rings. The van der Waals surface area contributed by atoms with Crippen LogP contribution in [-0.4, -0.2) is 19.4 Å². The van der Waals surface area contributed by atoms with E-state index in [1.165, 1.54) is 6.33 Å². The van der Waals surface area contributed by atoms with E-state index in [2.05, 4.69) is 15.0 Å². The van der Waals surface area contributed by atoms with Gasteiger partial charge in [0.2, 0.25) is 5.78 Å². The maximum atomic E-state index is 10.6. The van der Waals surface area contributed by atoms with Crippen LogP contribution in [0, 0.1) is 0 Å². The summed E-state index contributed by atoms with van der Waals surface area (Å²) in [7, 11) is 0. The molecule has 2 aromatic heterocycles. The monoisotopic (exact) mass is 136 g/mol. The Morgan fingerprint density at radius 2 is 2.40 bits per heavy atom. The highest BCUT2D eigenvalue weighted by Crippen LogP contribution is 1.87. The van der Waals surface area contributed by atoms with E-state index in [1.807, 2.05) is 0 Å². The van der Waals surface area contributed by atoms with Gasteiger partial charge < -0.3 is 0 Å². The summed E-state index contributed by atoms with van der Waals surface area (Å²) in [6, 6.07) is 0. The molecule has 0 bridgehead atoms.